The molecule has 1 fully saturated rings. The van der Waals surface area contributed by atoms with Crippen molar-refractivity contribution in [2.45, 2.75) is 44.7 Å². The van der Waals surface area contributed by atoms with Gasteiger partial charge in [0, 0.05) is 12.7 Å². The molecule has 1 aliphatic carbocycles. The standard InChI is InChI=1S/C13H19ClN2O2/c1-2-6-16-8-10(14)7-11(16)12(18)15-13(9-17)4-3-5-13/h7-8,17H,2-6,9H2,1H3,(H,15,18). The van der Waals surface area contributed by atoms with Gasteiger partial charge in [0.25, 0.3) is 5.91 Å². The van der Waals surface area contributed by atoms with Gasteiger partial charge < -0.3 is 15.0 Å². The molecule has 100 valence electrons. The van der Waals surface area contributed by atoms with Gasteiger partial charge in [-0.25, -0.2) is 0 Å². The van der Waals surface area contributed by atoms with E-state index in [0.717, 1.165) is 32.2 Å². The second-order valence-corrected chi connectivity index (χ2v) is 5.42. The van der Waals surface area contributed by atoms with E-state index in [4.69, 9.17) is 11.6 Å². The number of aliphatic hydroxyl groups excluding tert-OH is 1. The summed E-state index contributed by atoms with van der Waals surface area (Å²) in [5.41, 5.74) is 0.159. The monoisotopic (exact) mass is 270 g/mol. The van der Waals surface area contributed by atoms with Crippen molar-refractivity contribution in [3.8, 4) is 0 Å². The Balaban J connectivity index is 2.13. The van der Waals surface area contributed by atoms with Crippen molar-refractivity contribution in [1.82, 2.24) is 9.88 Å². The highest BCUT2D eigenvalue weighted by Gasteiger charge is 2.38. The zero-order chi connectivity index (χ0) is 13.2. The van der Waals surface area contributed by atoms with Crippen molar-refractivity contribution < 1.29 is 9.90 Å². The number of hydrogen-bond donors (Lipinski definition) is 2. The van der Waals surface area contributed by atoms with E-state index in [2.05, 4.69) is 12.2 Å². The van der Waals surface area contributed by atoms with E-state index < -0.39 is 5.54 Å². The number of hydrogen-bond acceptors (Lipinski definition) is 2. The molecule has 0 saturated heterocycles. The quantitative estimate of drug-likeness (QED) is 0.862. The smallest absolute Gasteiger partial charge is 0.268 e. The van der Waals surface area contributed by atoms with Crippen LogP contribution in [0.1, 0.15) is 43.1 Å². The summed E-state index contributed by atoms with van der Waals surface area (Å²) < 4.78 is 1.86. The molecule has 1 aromatic rings. The predicted molar refractivity (Wildman–Crippen MR) is 70.9 cm³/mol. The van der Waals surface area contributed by atoms with E-state index in [1.165, 1.54) is 0 Å². The van der Waals surface area contributed by atoms with Gasteiger partial charge in [-0.15, -0.1) is 0 Å². The van der Waals surface area contributed by atoms with Gasteiger partial charge in [0.05, 0.1) is 17.2 Å². The number of nitrogens with one attached hydrogen (secondary N) is 1. The fourth-order valence-corrected chi connectivity index (χ4v) is 2.54. The molecule has 0 bridgehead atoms. The Labute approximate surface area is 112 Å². The third kappa shape index (κ3) is 2.54. The van der Waals surface area contributed by atoms with Gasteiger partial charge in [-0.05, 0) is 31.7 Å². The van der Waals surface area contributed by atoms with E-state index in [9.17, 15) is 9.90 Å². The zero-order valence-corrected chi connectivity index (χ0v) is 11.3. The minimum Gasteiger partial charge on any atom is -0.394 e. The average Bonchev–Trinajstić information content (AvgIpc) is 2.65. The molecule has 1 amide bonds. The SMILES string of the molecule is CCCn1cc(Cl)cc1C(=O)NC1(CO)CCC1. The first kappa shape index (κ1) is 13.4. The zero-order valence-electron chi connectivity index (χ0n) is 10.6. The molecule has 0 unspecified atom stereocenters. The van der Waals surface area contributed by atoms with Crippen LogP contribution in [-0.4, -0.2) is 27.7 Å². The van der Waals surface area contributed by atoms with E-state index in [1.807, 2.05) is 4.57 Å². The van der Waals surface area contributed by atoms with Crippen molar-refractivity contribution in [3.05, 3.63) is 23.0 Å². The fourth-order valence-electron chi connectivity index (χ4n) is 2.32. The van der Waals surface area contributed by atoms with Crippen LogP contribution < -0.4 is 5.32 Å². The van der Waals surface area contributed by atoms with Gasteiger partial charge >= 0.3 is 0 Å². The summed E-state index contributed by atoms with van der Waals surface area (Å²) in [5.74, 6) is -0.149. The number of carbonyl (C=O) groups is 1. The number of halogens is 1. The summed E-state index contributed by atoms with van der Waals surface area (Å²) in [6.07, 6.45) is 5.45. The second-order valence-electron chi connectivity index (χ2n) is 4.98. The highest BCUT2D eigenvalue weighted by atomic mass is 35.5. The summed E-state index contributed by atoms with van der Waals surface area (Å²) in [5, 5.41) is 12.9. The maximum absolute atomic E-state index is 12.2. The first-order chi connectivity index (χ1) is 8.60. The van der Waals surface area contributed by atoms with Crippen molar-refractivity contribution in [2.75, 3.05) is 6.61 Å². The Kier molecular flexibility index (Phi) is 3.97. The highest BCUT2D eigenvalue weighted by Crippen LogP contribution is 2.31. The molecule has 5 heteroatoms. The lowest BCUT2D eigenvalue weighted by atomic mass is 9.77. The Morgan fingerprint density at radius 2 is 2.33 bits per heavy atom. The number of aliphatic hydroxyl groups is 1. The van der Waals surface area contributed by atoms with Crippen LogP contribution >= 0.6 is 11.6 Å². The second kappa shape index (κ2) is 5.33. The number of amides is 1. The molecule has 0 aliphatic heterocycles. The summed E-state index contributed by atoms with van der Waals surface area (Å²) >= 11 is 5.95. The Morgan fingerprint density at radius 1 is 1.61 bits per heavy atom. The van der Waals surface area contributed by atoms with E-state index in [1.54, 1.807) is 12.3 Å². The van der Waals surface area contributed by atoms with Gasteiger partial charge in [0.15, 0.2) is 0 Å². The lowest BCUT2D eigenvalue weighted by Gasteiger charge is -2.40. The minimum absolute atomic E-state index is 0.000951. The number of rotatable bonds is 5. The number of carbonyl (C=O) groups excluding carboxylic acids is 1. The predicted octanol–water partition coefficient (Wildman–Crippen LogP) is 2.20. The molecule has 1 saturated carbocycles. The van der Waals surface area contributed by atoms with Gasteiger partial charge in [0.2, 0.25) is 0 Å². The maximum atomic E-state index is 12.2. The van der Waals surface area contributed by atoms with E-state index in [-0.39, 0.29) is 12.5 Å². The lowest BCUT2D eigenvalue weighted by Crippen LogP contribution is -2.56. The van der Waals surface area contributed by atoms with Crippen molar-refractivity contribution in [3.63, 3.8) is 0 Å². The molecule has 0 aromatic carbocycles. The topological polar surface area (TPSA) is 54.3 Å². The fraction of sp³-hybridized carbons (Fsp3) is 0.615. The normalized spacial score (nSPS) is 17.3. The van der Waals surface area contributed by atoms with Gasteiger partial charge in [0.1, 0.15) is 5.69 Å². The Bertz CT molecular complexity index is 433. The first-order valence-electron chi connectivity index (χ1n) is 6.39. The van der Waals surface area contributed by atoms with Crippen molar-refractivity contribution >= 4 is 17.5 Å². The molecule has 2 N–H and O–H groups in total. The summed E-state index contributed by atoms with van der Waals surface area (Å²) in [6, 6.07) is 1.68. The Hall–Kier alpha value is -1.00. The molecular weight excluding hydrogens is 252 g/mol. The van der Waals surface area contributed by atoms with Crippen molar-refractivity contribution in [1.29, 1.82) is 0 Å². The minimum atomic E-state index is -0.412. The largest absolute Gasteiger partial charge is 0.394 e. The third-order valence-corrected chi connectivity index (χ3v) is 3.76. The van der Waals surface area contributed by atoms with E-state index >= 15 is 0 Å². The van der Waals surface area contributed by atoms with Gasteiger partial charge in [-0.2, -0.15) is 0 Å². The molecule has 0 spiro atoms. The summed E-state index contributed by atoms with van der Waals surface area (Å²) in [7, 11) is 0. The van der Waals surface area contributed by atoms with Crippen LogP contribution in [-0.2, 0) is 6.54 Å². The summed E-state index contributed by atoms with van der Waals surface area (Å²) in [4.78, 5) is 12.2. The van der Waals surface area contributed by atoms with Crippen LogP contribution in [0.5, 0.6) is 0 Å². The first-order valence-corrected chi connectivity index (χ1v) is 6.77. The number of nitrogens with zero attached hydrogens (tertiary/aromatic N) is 1. The van der Waals surface area contributed by atoms with Crippen molar-refractivity contribution in [2.24, 2.45) is 0 Å². The van der Waals surface area contributed by atoms with Gasteiger partial charge in [-0.3, -0.25) is 4.79 Å². The van der Waals surface area contributed by atoms with E-state index in [0.29, 0.717) is 10.7 Å². The molecular formula is C13H19ClN2O2. The number of aryl methyl sites for hydroxylation is 1. The number of aromatic nitrogens is 1. The van der Waals surface area contributed by atoms with Crippen LogP contribution in [0.4, 0.5) is 0 Å². The summed E-state index contributed by atoms with van der Waals surface area (Å²) in [6.45, 7) is 2.82. The molecule has 0 radical (unpaired) electrons. The van der Waals surface area contributed by atoms with Crippen LogP contribution in [0, 0.1) is 0 Å². The lowest BCUT2D eigenvalue weighted by molar-refractivity contribution is 0.0634. The van der Waals surface area contributed by atoms with Crippen LogP contribution in [0.15, 0.2) is 12.3 Å². The third-order valence-electron chi connectivity index (χ3n) is 3.55. The van der Waals surface area contributed by atoms with Crippen LogP contribution in [0.25, 0.3) is 0 Å². The molecule has 1 heterocycles. The molecule has 18 heavy (non-hydrogen) atoms. The molecule has 4 nitrogen and oxygen atoms in total. The molecule has 1 aliphatic rings. The molecule has 0 atom stereocenters. The molecule has 2 rings (SSSR count). The Morgan fingerprint density at radius 3 is 2.83 bits per heavy atom. The van der Waals surface area contributed by atoms with Crippen LogP contribution in [0.3, 0.4) is 0 Å². The highest BCUT2D eigenvalue weighted by molar-refractivity contribution is 6.31. The maximum Gasteiger partial charge on any atom is 0.268 e. The van der Waals surface area contributed by atoms with Gasteiger partial charge in [-0.1, -0.05) is 18.5 Å². The average molecular weight is 271 g/mol. The molecule has 1 aromatic heterocycles. The van der Waals surface area contributed by atoms with Crippen LogP contribution in [0.2, 0.25) is 5.02 Å².